The van der Waals surface area contributed by atoms with Crippen LogP contribution in [0.1, 0.15) is 23.1 Å². The van der Waals surface area contributed by atoms with Crippen molar-refractivity contribution in [2.75, 3.05) is 6.79 Å². The van der Waals surface area contributed by atoms with E-state index in [0.29, 0.717) is 28.5 Å². The van der Waals surface area contributed by atoms with Gasteiger partial charge < -0.3 is 14.6 Å². The third-order valence-electron chi connectivity index (χ3n) is 2.91. The Hall–Kier alpha value is -2.77. The lowest BCUT2D eigenvalue weighted by atomic mass is 10.0. The van der Waals surface area contributed by atoms with E-state index in [1.165, 1.54) is 0 Å². The first kappa shape index (κ1) is 12.3. The highest BCUT2D eigenvalue weighted by Crippen LogP contribution is 2.35. The second-order valence-corrected chi connectivity index (χ2v) is 4.06. The van der Waals surface area contributed by atoms with E-state index in [1.54, 1.807) is 18.2 Å². The summed E-state index contributed by atoms with van der Waals surface area (Å²) < 4.78 is 10.5. The molecule has 1 aliphatic heterocycles. The summed E-state index contributed by atoms with van der Waals surface area (Å²) in [7, 11) is 0. The fourth-order valence-corrected chi connectivity index (χ4v) is 1.94. The number of rotatable bonds is 4. The molecule has 2 N–H and O–H groups in total. The van der Waals surface area contributed by atoms with E-state index in [9.17, 15) is 5.11 Å². The van der Waals surface area contributed by atoms with Gasteiger partial charge >= 0.3 is 0 Å². The number of benzene rings is 1. The molecule has 1 aromatic carbocycles. The summed E-state index contributed by atoms with van der Waals surface area (Å²) in [6.45, 7) is 0.185. The molecular formula is C11H10N6O3. The van der Waals surface area contributed by atoms with Crippen LogP contribution in [0.2, 0.25) is 0 Å². The number of H-pyrrole nitrogens is 1. The van der Waals surface area contributed by atoms with Gasteiger partial charge in [0.05, 0.1) is 12.2 Å². The molecule has 102 valence electrons. The lowest BCUT2D eigenvalue weighted by molar-refractivity contribution is 0.173. The summed E-state index contributed by atoms with van der Waals surface area (Å²) in [4.78, 5) is 2.66. The van der Waals surface area contributed by atoms with Gasteiger partial charge in [0.2, 0.25) is 6.79 Å². The monoisotopic (exact) mass is 274 g/mol. The smallest absolute Gasteiger partial charge is 0.231 e. The van der Waals surface area contributed by atoms with Gasteiger partial charge in [-0.3, -0.25) is 0 Å². The Labute approximate surface area is 112 Å². The minimum Gasteiger partial charge on any atom is -0.454 e. The molecule has 0 fully saturated rings. The molecule has 3 rings (SSSR count). The standard InChI is InChI=1S/C11H10N6O3/c12-16-13-4-7-10(15-17-14-7)11(18)6-1-2-8-9(3-6)20-5-19-8/h1-3,11,18H,4-5H2,(H,14,15,17). The number of nitrogens with one attached hydrogen (secondary N) is 1. The van der Waals surface area contributed by atoms with Gasteiger partial charge in [-0.05, 0) is 23.2 Å². The maximum atomic E-state index is 10.3. The number of azide groups is 1. The van der Waals surface area contributed by atoms with Crippen LogP contribution >= 0.6 is 0 Å². The van der Waals surface area contributed by atoms with Crippen LogP contribution in [0.4, 0.5) is 0 Å². The Morgan fingerprint density at radius 3 is 3.10 bits per heavy atom. The molecule has 9 nitrogen and oxygen atoms in total. The predicted molar refractivity (Wildman–Crippen MR) is 65.9 cm³/mol. The Morgan fingerprint density at radius 2 is 2.25 bits per heavy atom. The van der Waals surface area contributed by atoms with Gasteiger partial charge in [-0.15, -0.1) is 0 Å². The van der Waals surface area contributed by atoms with Gasteiger partial charge in [0, 0.05) is 4.91 Å². The molecule has 9 heteroatoms. The first-order chi connectivity index (χ1) is 9.79. The van der Waals surface area contributed by atoms with Crippen molar-refractivity contribution in [2.45, 2.75) is 12.6 Å². The van der Waals surface area contributed by atoms with Crippen LogP contribution in [-0.4, -0.2) is 27.3 Å². The van der Waals surface area contributed by atoms with Crippen LogP contribution in [0.25, 0.3) is 10.4 Å². The van der Waals surface area contributed by atoms with Crippen molar-refractivity contribution in [3.05, 3.63) is 45.6 Å². The average molecular weight is 274 g/mol. The summed E-state index contributed by atoms with van der Waals surface area (Å²) in [5, 5.41) is 23.9. The van der Waals surface area contributed by atoms with Crippen molar-refractivity contribution in [3.8, 4) is 11.5 Å². The summed E-state index contributed by atoms with van der Waals surface area (Å²) in [6, 6.07) is 5.11. The van der Waals surface area contributed by atoms with E-state index in [0.717, 1.165) is 0 Å². The largest absolute Gasteiger partial charge is 0.454 e. The van der Waals surface area contributed by atoms with Crippen LogP contribution in [0.15, 0.2) is 23.3 Å². The van der Waals surface area contributed by atoms with Gasteiger partial charge in [-0.25, -0.2) is 0 Å². The normalized spacial score (nSPS) is 13.8. The van der Waals surface area contributed by atoms with Gasteiger partial charge in [-0.1, -0.05) is 11.2 Å². The molecule has 1 aromatic heterocycles. The highest BCUT2D eigenvalue weighted by atomic mass is 16.7. The zero-order valence-electron chi connectivity index (χ0n) is 10.2. The average Bonchev–Trinajstić information content (AvgIpc) is 3.12. The maximum Gasteiger partial charge on any atom is 0.231 e. The molecule has 1 aliphatic rings. The van der Waals surface area contributed by atoms with Crippen LogP contribution in [-0.2, 0) is 6.54 Å². The topological polar surface area (TPSA) is 129 Å². The Bertz CT molecular complexity index is 679. The van der Waals surface area contributed by atoms with Gasteiger partial charge in [0.25, 0.3) is 0 Å². The second kappa shape index (κ2) is 5.08. The Kier molecular flexibility index (Phi) is 3.12. The zero-order chi connectivity index (χ0) is 13.9. The summed E-state index contributed by atoms with van der Waals surface area (Å²) in [5.41, 5.74) is 9.62. The number of aliphatic hydroxyl groups excluding tert-OH is 1. The molecule has 0 radical (unpaired) electrons. The third-order valence-corrected chi connectivity index (χ3v) is 2.91. The lowest BCUT2D eigenvalue weighted by Gasteiger charge is -2.09. The predicted octanol–water partition coefficient (Wildman–Crippen LogP) is 1.43. The molecule has 0 saturated carbocycles. The van der Waals surface area contributed by atoms with E-state index in [-0.39, 0.29) is 13.3 Å². The minimum absolute atomic E-state index is 0.0178. The van der Waals surface area contributed by atoms with Crippen LogP contribution in [0.5, 0.6) is 11.5 Å². The third kappa shape index (κ3) is 2.11. The molecule has 2 heterocycles. The number of fused-ring (bicyclic) bond motifs is 1. The van der Waals surface area contributed by atoms with Crippen molar-refractivity contribution in [2.24, 2.45) is 5.11 Å². The van der Waals surface area contributed by atoms with E-state index in [4.69, 9.17) is 15.0 Å². The summed E-state index contributed by atoms with van der Waals surface area (Å²) in [6.07, 6.45) is -0.993. The Morgan fingerprint density at radius 1 is 1.40 bits per heavy atom. The number of nitrogens with zero attached hydrogens (tertiary/aromatic N) is 5. The zero-order valence-corrected chi connectivity index (χ0v) is 10.2. The van der Waals surface area contributed by atoms with E-state index >= 15 is 0 Å². The second-order valence-electron chi connectivity index (χ2n) is 4.06. The molecule has 0 saturated heterocycles. The summed E-state index contributed by atoms with van der Waals surface area (Å²) in [5.74, 6) is 1.21. The Balaban J connectivity index is 1.90. The van der Waals surface area contributed by atoms with E-state index < -0.39 is 6.10 Å². The highest BCUT2D eigenvalue weighted by Gasteiger charge is 2.21. The van der Waals surface area contributed by atoms with Crippen molar-refractivity contribution >= 4 is 0 Å². The first-order valence-electron chi connectivity index (χ1n) is 5.77. The van der Waals surface area contributed by atoms with Gasteiger partial charge in [0.15, 0.2) is 11.5 Å². The molecular weight excluding hydrogens is 264 g/mol. The van der Waals surface area contributed by atoms with Crippen molar-refractivity contribution in [3.63, 3.8) is 0 Å². The highest BCUT2D eigenvalue weighted by molar-refractivity contribution is 5.46. The van der Waals surface area contributed by atoms with Crippen molar-refractivity contribution in [1.29, 1.82) is 0 Å². The van der Waals surface area contributed by atoms with Gasteiger partial charge in [-0.2, -0.15) is 15.4 Å². The van der Waals surface area contributed by atoms with Crippen LogP contribution in [0.3, 0.4) is 0 Å². The fraction of sp³-hybridized carbons (Fsp3) is 0.273. The number of aliphatic hydroxyl groups is 1. The molecule has 1 atom stereocenters. The molecule has 0 aliphatic carbocycles. The quantitative estimate of drug-likeness (QED) is 0.495. The number of aromatic amines is 1. The molecule has 2 aromatic rings. The van der Waals surface area contributed by atoms with Crippen molar-refractivity contribution in [1.82, 2.24) is 15.4 Å². The maximum absolute atomic E-state index is 10.3. The van der Waals surface area contributed by atoms with Crippen molar-refractivity contribution < 1.29 is 14.6 Å². The molecule has 0 amide bonds. The number of ether oxygens (including phenoxy) is 2. The number of aromatic nitrogens is 3. The number of hydrogen-bond acceptors (Lipinski definition) is 6. The van der Waals surface area contributed by atoms with Gasteiger partial charge in [0.1, 0.15) is 11.8 Å². The molecule has 20 heavy (non-hydrogen) atoms. The van der Waals surface area contributed by atoms with E-state index in [2.05, 4.69) is 25.4 Å². The number of hydrogen-bond donors (Lipinski definition) is 2. The lowest BCUT2D eigenvalue weighted by Crippen LogP contribution is -2.03. The SMILES string of the molecule is [N-]=[N+]=NCc1n[nH]nc1C(O)c1ccc2c(c1)OCO2. The van der Waals surface area contributed by atoms with Crippen LogP contribution < -0.4 is 9.47 Å². The molecule has 0 spiro atoms. The minimum atomic E-state index is -0.993. The molecule has 1 unspecified atom stereocenters. The van der Waals surface area contributed by atoms with E-state index in [1.807, 2.05) is 0 Å². The van der Waals surface area contributed by atoms with Crippen LogP contribution in [0, 0.1) is 0 Å². The first-order valence-corrected chi connectivity index (χ1v) is 5.77. The molecule has 0 bridgehead atoms. The fourth-order valence-electron chi connectivity index (χ4n) is 1.94. The summed E-state index contributed by atoms with van der Waals surface area (Å²) >= 11 is 0.